The first-order chi connectivity index (χ1) is 7.79. The number of halogens is 2. The number of nitrogens with zero attached hydrogens (tertiary/aromatic N) is 2. The summed E-state index contributed by atoms with van der Waals surface area (Å²) in [5.74, 6) is 1.77. The summed E-state index contributed by atoms with van der Waals surface area (Å²) in [5, 5.41) is 0. The van der Waals surface area contributed by atoms with Crippen molar-refractivity contribution in [2.45, 2.75) is 25.3 Å². The molecule has 16 heavy (non-hydrogen) atoms. The highest BCUT2D eigenvalue weighted by molar-refractivity contribution is 9.10. The Morgan fingerprint density at radius 3 is 2.94 bits per heavy atom. The average Bonchev–Trinajstić information content (AvgIpc) is 3.02. The van der Waals surface area contributed by atoms with Crippen molar-refractivity contribution in [1.82, 2.24) is 9.55 Å². The third-order valence-corrected chi connectivity index (χ3v) is 3.64. The molecule has 0 N–H and O–H groups in total. The third kappa shape index (κ3) is 1.76. The molecule has 1 aliphatic rings. The summed E-state index contributed by atoms with van der Waals surface area (Å²) in [7, 11) is 0. The van der Waals surface area contributed by atoms with Crippen LogP contribution in [0.1, 0.15) is 24.7 Å². The maximum Gasteiger partial charge on any atom is 0.111 e. The van der Waals surface area contributed by atoms with Crippen LogP contribution in [0, 0.1) is 0 Å². The van der Waals surface area contributed by atoms with Gasteiger partial charge in [-0.05, 0) is 31.0 Å². The Kier molecular flexibility index (Phi) is 2.68. The summed E-state index contributed by atoms with van der Waals surface area (Å²) < 4.78 is 3.45. The molecule has 0 radical (unpaired) electrons. The summed E-state index contributed by atoms with van der Waals surface area (Å²) in [6.07, 6.45) is 3.40. The first-order valence-electron chi connectivity index (χ1n) is 5.52. The van der Waals surface area contributed by atoms with Crippen molar-refractivity contribution in [3.63, 3.8) is 0 Å². The standard InChI is InChI=1S/C12H12BrClN2/c13-8-1-4-11-10(7-8)15-12(5-6-14)16(11)9-2-3-9/h1,4,7,9H,2-3,5-6H2. The lowest BCUT2D eigenvalue weighted by Crippen LogP contribution is -2.02. The van der Waals surface area contributed by atoms with Gasteiger partial charge in [0.25, 0.3) is 0 Å². The maximum atomic E-state index is 5.83. The van der Waals surface area contributed by atoms with Crippen LogP contribution in [0.4, 0.5) is 0 Å². The highest BCUT2D eigenvalue weighted by atomic mass is 79.9. The molecular weight excluding hydrogens is 288 g/mol. The molecule has 0 saturated heterocycles. The Morgan fingerprint density at radius 2 is 2.25 bits per heavy atom. The van der Waals surface area contributed by atoms with Gasteiger partial charge in [-0.15, -0.1) is 11.6 Å². The predicted octanol–water partition coefficient (Wildman–Crippen LogP) is 3.92. The highest BCUT2D eigenvalue weighted by Crippen LogP contribution is 2.39. The SMILES string of the molecule is ClCCc1nc2cc(Br)ccc2n1C1CC1. The number of imidazole rings is 1. The van der Waals surface area contributed by atoms with E-state index in [1.165, 1.54) is 18.4 Å². The summed E-state index contributed by atoms with van der Waals surface area (Å²) in [6.45, 7) is 0. The number of rotatable bonds is 3. The van der Waals surface area contributed by atoms with Gasteiger partial charge in [0.1, 0.15) is 5.82 Å². The quantitative estimate of drug-likeness (QED) is 0.786. The van der Waals surface area contributed by atoms with E-state index < -0.39 is 0 Å². The van der Waals surface area contributed by atoms with Gasteiger partial charge in [0.05, 0.1) is 11.0 Å². The van der Waals surface area contributed by atoms with E-state index in [1.54, 1.807) is 0 Å². The second-order valence-electron chi connectivity index (χ2n) is 4.20. The maximum absolute atomic E-state index is 5.83. The van der Waals surface area contributed by atoms with Crippen LogP contribution >= 0.6 is 27.5 Å². The van der Waals surface area contributed by atoms with E-state index >= 15 is 0 Å². The van der Waals surface area contributed by atoms with Crippen LogP contribution in [-0.4, -0.2) is 15.4 Å². The number of alkyl halides is 1. The number of hydrogen-bond donors (Lipinski definition) is 0. The molecule has 1 saturated carbocycles. The second kappa shape index (κ2) is 4.04. The number of aromatic nitrogens is 2. The van der Waals surface area contributed by atoms with Crippen molar-refractivity contribution in [2.24, 2.45) is 0 Å². The van der Waals surface area contributed by atoms with Crippen LogP contribution in [0.2, 0.25) is 0 Å². The molecular formula is C12H12BrClN2. The van der Waals surface area contributed by atoms with Crippen LogP contribution in [0.15, 0.2) is 22.7 Å². The van der Waals surface area contributed by atoms with E-state index in [0.717, 1.165) is 22.2 Å². The van der Waals surface area contributed by atoms with Crippen molar-refractivity contribution in [1.29, 1.82) is 0 Å². The molecule has 1 fully saturated rings. The Hall–Kier alpha value is -0.540. The second-order valence-corrected chi connectivity index (χ2v) is 5.49. The van der Waals surface area contributed by atoms with Crippen molar-refractivity contribution >= 4 is 38.6 Å². The molecule has 1 heterocycles. The minimum absolute atomic E-state index is 0.636. The average molecular weight is 300 g/mol. The number of fused-ring (bicyclic) bond motifs is 1. The summed E-state index contributed by atoms with van der Waals surface area (Å²) >= 11 is 9.31. The summed E-state index contributed by atoms with van der Waals surface area (Å²) in [6, 6.07) is 6.95. The van der Waals surface area contributed by atoms with Crippen molar-refractivity contribution < 1.29 is 0 Å². The molecule has 0 amide bonds. The molecule has 0 unspecified atom stereocenters. The van der Waals surface area contributed by atoms with E-state index in [9.17, 15) is 0 Å². The van der Waals surface area contributed by atoms with Gasteiger partial charge in [0.15, 0.2) is 0 Å². The molecule has 2 nitrogen and oxygen atoms in total. The zero-order valence-corrected chi connectivity index (χ0v) is 11.1. The van der Waals surface area contributed by atoms with Gasteiger partial charge >= 0.3 is 0 Å². The Bertz CT molecular complexity index is 531. The molecule has 0 spiro atoms. The Balaban J connectivity index is 2.20. The van der Waals surface area contributed by atoms with Gasteiger partial charge in [0, 0.05) is 22.8 Å². The van der Waals surface area contributed by atoms with Crippen molar-refractivity contribution in [3.8, 4) is 0 Å². The predicted molar refractivity (Wildman–Crippen MR) is 70.1 cm³/mol. The minimum Gasteiger partial charge on any atom is -0.325 e. The molecule has 1 aromatic heterocycles. The normalized spacial score (nSPS) is 15.9. The van der Waals surface area contributed by atoms with E-state index in [-0.39, 0.29) is 0 Å². The van der Waals surface area contributed by atoms with Crippen LogP contribution in [0.5, 0.6) is 0 Å². The van der Waals surface area contributed by atoms with Gasteiger partial charge in [0.2, 0.25) is 0 Å². The number of aryl methyl sites for hydroxylation is 1. The lowest BCUT2D eigenvalue weighted by Gasteiger charge is -2.05. The fourth-order valence-electron chi connectivity index (χ4n) is 2.12. The molecule has 4 heteroatoms. The van der Waals surface area contributed by atoms with Crippen LogP contribution in [0.25, 0.3) is 11.0 Å². The highest BCUT2D eigenvalue weighted by Gasteiger charge is 2.27. The van der Waals surface area contributed by atoms with E-state index in [2.05, 4.69) is 43.7 Å². The number of hydrogen-bond acceptors (Lipinski definition) is 1. The molecule has 84 valence electrons. The van der Waals surface area contributed by atoms with Gasteiger partial charge in [-0.3, -0.25) is 0 Å². The molecule has 2 aromatic rings. The van der Waals surface area contributed by atoms with E-state index in [0.29, 0.717) is 11.9 Å². The first-order valence-corrected chi connectivity index (χ1v) is 6.84. The first kappa shape index (κ1) is 10.6. The monoisotopic (exact) mass is 298 g/mol. The molecule has 0 atom stereocenters. The number of benzene rings is 1. The lowest BCUT2D eigenvalue weighted by atomic mass is 10.3. The zero-order chi connectivity index (χ0) is 11.1. The van der Waals surface area contributed by atoms with E-state index in [1.807, 2.05) is 0 Å². The van der Waals surface area contributed by atoms with Gasteiger partial charge in [-0.2, -0.15) is 0 Å². The summed E-state index contributed by atoms with van der Waals surface area (Å²) in [5.41, 5.74) is 2.31. The third-order valence-electron chi connectivity index (χ3n) is 2.95. The Morgan fingerprint density at radius 1 is 1.44 bits per heavy atom. The fraction of sp³-hybridized carbons (Fsp3) is 0.417. The minimum atomic E-state index is 0.636. The van der Waals surface area contributed by atoms with Crippen LogP contribution in [-0.2, 0) is 6.42 Å². The van der Waals surface area contributed by atoms with Crippen molar-refractivity contribution in [3.05, 3.63) is 28.5 Å². The van der Waals surface area contributed by atoms with Gasteiger partial charge in [-0.25, -0.2) is 4.98 Å². The zero-order valence-electron chi connectivity index (χ0n) is 8.79. The molecule has 1 aliphatic carbocycles. The molecule has 1 aromatic carbocycles. The van der Waals surface area contributed by atoms with Crippen molar-refractivity contribution in [2.75, 3.05) is 5.88 Å². The topological polar surface area (TPSA) is 17.8 Å². The molecule has 0 bridgehead atoms. The Labute approximate surface area is 108 Å². The van der Waals surface area contributed by atoms with E-state index in [4.69, 9.17) is 11.6 Å². The van der Waals surface area contributed by atoms with Gasteiger partial charge in [-0.1, -0.05) is 15.9 Å². The summed E-state index contributed by atoms with van der Waals surface area (Å²) in [4.78, 5) is 4.67. The largest absolute Gasteiger partial charge is 0.325 e. The van der Waals surface area contributed by atoms with Crippen LogP contribution in [0.3, 0.4) is 0 Å². The fourth-order valence-corrected chi connectivity index (χ4v) is 2.64. The molecule has 0 aliphatic heterocycles. The van der Waals surface area contributed by atoms with Crippen LogP contribution < -0.4 is 0 Å². The molecule has 3 rings (SSSR count). The van der Waals surface area contributed by atoms with Gasteiger partial charge < -0.3 is 4.57 Å². The lowest BCUT2D eigenvalue weighted by molar-refractivity contribution is 0.709. The smallest absolute Gasteiger partial charge is 0.111 e.